The number of hydrogen-bond donors (Lipinski definition) is 0. The zero-order valence-electron chi connectivity index (χ0n) is 13.7. The number of nitrogens with zero attached hydrogens (tertiary/aromatic N) is 2. The first kappa shape index (κ1) is 15.3. The van der Waals surface area contributed by atoms with Crippen LogP contribution in [0.5, 0.6) is 17.2 Å². The molecule has 0 N–H and O–H groups in total. The number of imidazole rings is 1. The molecule has 0 radical (unpaired) electrons. The second-order valence-corrected chi connectivity index (χ2v) is 5.66. The lowest BCUT2D eigenvalue weighted by Crippen LogP contribution is -2.25. The van der Waals surface area contributed by atoms with Gasteiger partial charge in [0, 0.05) is 25.1 Å². The highest BCUT2D eigenvalue weighted by Crippen LogP contribution is 2.42. The van der Waals surface area contributed by atoms with E-state index in [-0.39, 0.29) is 18.9 Å². The highest BCUT2D eigenvalue weighted by Gasteiger charge is 2.32. The Hall–Kier alpha value is -2.25. The predicted molar refractivity (Wildman–Crippen MR) is 85.6 cm³/mol. The van der Waals surface area contributed by atoms with Crippen molar-refractivity contribution in [3.8, 4) is 28.6 Å². The zero-order valence-corrected chi connectivity index (χ0v) is 13.7. The van der Waals surface area contributed by atoms with Crippen molar-refractivity contribution in [3.05, 3.63) is 24.5 Å². The van der Waals surface area contributed by atoms with Crippen LogP contribution in [0.25, 0.3) is 11.4 Å². The summed E-state index contributed by atoms with van der Waals surface area (Å²) in [5, 5.41) is 0. The van der Waals surface area contributed by atoms with E-state index in [4.69, 9.17) is 23.7 Å². The maximum atomic E-state index is 5.81. The third kappa shape index (κ3) is 2.50. The Kier molecular flexibility index (Phi) is 4.03. The molecule has 1 fully saturated rings. The minimum absolute atomic E-state index is 0.0166. The lowest BCUT2D eigenvalue weighted by atomic mass is 10.1. The number of fused-ring (bicyclic) bond motifs is 1. The molecular formula is C17H20N2O5. The number of hydrogen-bond acceptors (Lipinski definition) is 6. The quantitative estimate of drug-likeness (QED) is 0.837. The SMILES string of the molecule is CCO[C@@H]1COC[C@H]1n1ccnc1-c1cc2c(cc1OC)OCO2. The van der Waals surface area contributed by atoms with Crippen molar-refractivity contribution in [3.63, 3.8) is 0 Å². The van der Waals surface area contributed by atoms with Gasteiger partial charge < -0.3 is 28.3 Å². The average Bonchev–Trinajstić information content (AvgIpc) is 3.33. The van der Waals surface area contributed by atoms with Crippen molar-refractivity contribution in [1.29, 1.82) is 0 Å². The molecule has 1 aromatic heterocycles. The highest BCUT2D eigenvalue weighted by atomic mass is 16.7. The number of aromatic nitrogens is 2. The van der Waals surface area contributed by atoms with E-state index in [1.54, 1.807) is 13.3 Å². The fourth-order valence-corrected chi connectivity index (χ4v) is 3.21. The molecule has 2 aliphatic rings. The molecule has 1 saturated heterocycles. The fraction of sp³-hybridized carbons (Fsp3) is 0.471. The van der Waals surface area contributed by atoms with Crippen LogP contribution in [0.3, 0.4) is 0 Å². The van der Waals surface area contributed by atoms with Gasteiger partial charge in [-0.05, 0) is 13.0 Å². The smallest absolute Gasteiger partial charge is 0.231 e. The molecule has 1 aromatic carbocycles. The second-order valence-electron chi connectivity index (χ2n) is 5.66. The summed E-state index contributed by atoms with van der Waals surface area (Å²) in [7, 11) is 1.63. The first-order chi connectivity index (χ1) is 11.8. The molecule has 2 atom stereocenters. The van der Waals surface area contributed by atoms with Gasteiger partial charge in [-0.15, -0.1) is 0 Å². The minimum atomic E-state index is 0.0166. The topological polar surface area (TPSA) is 64.0 Å². The minimum Gasteiger partial charge on any atom is -0.496 e. The van der Waals surface area contributed by atoms with E-state index in [2.05, 4.69) is 9.55 Å². The van der Waals surface area contributed by atoms with Crippen molar-refractivity contribution in [2.24, 2.45) is 0 Å². The third-order valence-corrected chi connectivity index (χ3v) is 4.34. The van der Waals surface area contributed by atoms with Crippen molar-refractivity contribution in [2.45, 2.75) is 19.1 Å². The van der Waals surface area contributed by atoms with Gasteiger partial charge in [0.2, 0.25) is 6.79 Å². The van der Waals surface area contributed by atoms with Crippen LogP contribution in [-0.2, 0) is 9.47 Å². The lowest BCUT2D eigenvalue weighted by Gasteiger charge is -2.21. The van der Waals surface area contributed by atoms with Gasteiger partial charge in [-0.3, -0.25) is 0 Å². The highest BCUT2D eigenvalue weighted by molar-refractivity contribution is 5.70. The zero-order chi connectivity index (χ0) is 16.5. The van der Waals surface area contributed by atoms with Crippen LogP contribution in [0.15, 0.2) is 24.5 Å². The first-order valence-electron chi connectivity index (χ1n) is 8.02. The third-order valence-electron chi connectivity index (χ3n) is 4.34. The molecule has 0 saturated carbocycles. The van der Waals surface area contributed by atoms with Crippen molar-refractivity contribution in [2.75, 3.05) is 33.7 Å². The van der Waals surface area contributed by atoms with Crippen LogP contribution in [0.2, 0.25) is 0 Å². The van der Waals surface area contributed by atoms with Crippen LogP contribution < -0.4 is 14.2 Å². The Morgan fingerprint density at radius 1 is 1.25 bits per heavy atom. The molecule has 0 spiro atoms. The van der Waals surface area contributed by atoms with Gasteiger partial charge in [0.15, 0.2) is 11.5 Å². The summed E-state index contributed by atoms with van der Waals surface area (Å²) >= 11 is 0. The van der Waals surface area contributed by atoms with Crippen molar-refractivity contribution >= 4 is 0 Å². The normalized spacial score (nSPS) is 22.1. The largest absolute Gasteiger partial charge is 0.496 e. The van der Waals surface area contributed by atoms with Crippen LogP contribution in [0.1, 0.15) is 13.0 Å². The predicted octanol–water partition coefficient (Wildman–Crippen LogP) is 2.26. The van der Waals surface area contributed by atoms with Crippen LogP contribution in [0.4, 0.5) is 0 Å². The van der Waals surface area contributed by atoms with Crippen molar-refractivity contribution in [1.82, 2.24) is 9.55 Å². The van der Waals surface area contributed by atoms with Crippen molar-refractivity contribution < 1.29 is 23.7 Å². The lowest BCUT2D eigenvalue weighted by molar-refractivity contribution is 0.0364. The van der Waals surface area contributed by atoms with Gasteiger partial charge in [0.1, 0.15) is 17.7 Å². The molecule has 24 heavy (non-hydrogen) atoms. The van der Waals surface area contributed by atoms with Crippen LogP contribution in [-0.4, -0.2) is 49.4 Å². The summed E-state index contributed by atoms with van der Waals surface area (Å²) in [5.41, 5.74) is 0.855. The Labute approximate surface area is 140 Å². The summed E-state index contributed by atoms with van der Waals surface area (Å²) in [6.45, 7) is 4.06. The Morgan fingerprint density at radius 2 is 2.08 bits per heavy atom. The fourth-order valence-electron chi connectivity index (χ4n) is 3.21. The molecule has 2 aliphatic heterocycles. The molecule has 0 unspecified atom stereocenters. The Bertz CT molecular complexity index is 730. The average molecular weight is 332 g/mol. The second kappa shape index (κ2) is 6.33. The van der Waals surface area contributed by atoms with Gasteiger partial charge >= 0.3 is 0 Å². The van der Waals surface area contributed by atoms with E-state index in [1.807, 2.05) is 25.3 Å². The summed E-state index contributed by atoms with van der Waals surface area (Å²) in [6.07, 6.45) is 3.74. The molecule has 4 rings (SSSR count). The van der Waals surface area contributed by atoms with E-state index in [1.165, 1.54) is 0 Å². The molecule has 7 heteroatoms. The van der Waals surface area contributed by atoms with Gasteiger partial charge in [-0.1, -0.05) is 0 Å². The molecular weight excluding hydrogens is 312 g/mol. The molecule has 2 aromatic rings. The van der Waals surface area contributed by atoms with E-state index in [9.17, 15) is 0 Å². The van der Waals surface area contributed by atoms with Gasteiger partial charge in [0.25, 0.3) is 0 Å². The van der Waals surface area contributed by atoms with Gasteiger partial charge in [-0.2, -0.15) is 0 Å². The number of rotatable bonds is 5. The Balaban J connectivity index is 1.75. The maximum Gasteiger partial charge on any atom is 0.231 e. The van der Waals surface area contributed by atoms with Gasteiger partial charge in [0.05, 0.1) is 31.9 Å². The molecule has 7 nitrogen and oxygen atoms in total. The summed E-state index contributed by atoms with van der Waals surface area (Å²) in [4.78, 5) is 4.54. The maximum absolute atomic E-state index is 5.81. The van der Waals surface area contributed by atoms with Crippen LogP contribution >= 0.6 is 0 Å². The molecule has 128 valence electrons. The molecule has 0 aliphatic carbocycles. The monoisotopic (exact) mass is 332 g/mol. The number of benzene rings is 1. The van der Waals surface area contributed by atoms with E-state index < -0.39 is 0 Å². The number of ether oxygens (including phenoxy) is 5. The summed E-state index contributed by atoms with van der Waals surface area (Å²) in [6, 6.07) is 3.82. The summed E-state index contributed by atoms with van der Waals surface area (Å²) in [5.74, 6) is 2.87. The first-order valence-corrected chi connectivity index (χ1v) is 8.02. The molecule has 3 heterocycles. The van der Waals surface area contributed by atoms with Gasteiger partial charge in [-0.25, -0.2) is 4.98 Å². The Morgan fingerprint density at radius 3 is 2.88 bits per heavy atom. The summed E-state index contributed by atoms with van der Waals surface area (Å²) < 4.78 is 30.0. The standard InChI is InChI=1S/C17H20N2O5/c1-3-22-16-9-21-8-12(16)19-5-4-18-17(19)11-6-14-15(24-10-23-14)7-13(11)20-2/h4-7,12,16H,3,8-10H2,1-2H3/t12-,16-/m1/s1. The number of methoxy groups -OCH3 is 1. The molecule has 0 amide bonds. The van der Waals surface area contributed by atoms with E-state index in [0.29, 0.717) is 37.1 Å². The van der Waals surface area contributed by atoms with E-state index in [0.717, 1.165) is 11.4 Å². The van der Waals surface area contributed by atoms with Crippen LogP contribution in [0, 0.1) is 0 Å². The molecule has 0 bridgehead atoms. The van der Waals surface area contributed by atoms with E-state index >= 15 is 0 Å².